The third-order valence-corrected chi connectivity index (χ3v) is 1.98. The third-order valence-electron chi connectivity index (χ3n) is 1.98. The molecule has 0 spiro atoms. The van der Waals surface area contributed by atoms with Crippen molar-refractivity contribution in [1.82, 2.24) is 0 Å². The van der Waals surface area contributed by atoms with Crippen LogP contribution in [0.1, 0.15) is 21.5 Å². The lowest BCUT2D eigenvalue weighted by atomic mass is 10.0. The zero-order valence-corrected chi connectivity index (χ0v) is 8.48. The van der Waals surface area contributed by atoms with Gasteiger partial charge in [-0.1, -0.05) is 0 Å². The van der Waals surface area contributed by atoms with Crippen molar-refractivity contribution < 1.29 is 23.4 Å². The highest BCUT2D eigenvalue weighted by Crippen LogP contribution is 2.23. The second kappa shape index (κ2) is 5.23. The monoisotopic (exact) mass is 242 g/mol. The number of aromatic carboxylic acids is 1. The van der Waals surface area contributed by atoms with Crippen molar-refractivity contribution in [3.63, 3.8) is 0 Å². The van der Waals surface area contributed by atoms with Crippen LogP contribution in [0.4, 0.5) is 8.78 Å². The molecule has 0 saturated carbocycles. The van der Waals surface area contributed by atoms with Crippen molar-refractivity contribution in [3.05, 3.63) is 28.8 Å². The topological polar surface area (TPSA) is 96.3 Å². The SMILES string of the molecule is N#Cc1c(CN)cc(OC(F)F)cc1C(=O)O. The fraction of sp³-hybridized carbons (Fsp3) is 0.200. The van der Waals surface area contributed by atoms with Crippen molar-refractivity contribution >= 4 is 5.97 Å². The van der Waals surface area contributed by atoms with Crippen LogP contribution in [0.3, 0.4) is 0 Å². The lowest BCUT2D eigenvalue weighted by Crippen LogP contribution is -2.10. The standard InChI is InChI=1S/C10H8F2N2O3/c11-10(12)17-6-1-5(3-13)8(4-14)7(2-6)9(15)16/h1-2,10H,3,13H2,(H,15,16). The molecule has 1 aromatic rings. The van der Waals surface area contributed by atoms with Gasteiger partial charge in [0.25, 0.3) is 0 Å². The van der Waals surface area contributed by atoms with Gasteiger partial charge in [0.2, 0.25) is 0 Å². The molecule has 0 aliphatic carbocycles. The number of carboxylic acids is 1. The van der Waals surface area contributed by atoms with Crippen LogP contribution >= 0.6 is 0 Å². The molecule has 90 valence electrons. The molecule has 0 heterocycles. The summed E-state index contributed by atoms with van der Waals surface area (Å²) >= 11 is 0. The van der Waals surface area contributed by atoms with Crippen LogP contribution in [0.2, 0.25) is 0 Å². The Morgan fingerprint density at radius 3 is 2.65 bits per heavy atom. The average molecular weight is 242 g/mol. The fourth-order valence-electron chi connectivity index (χ4n) is 1.31. The first-order chi connectivity index (χ1) is 7.99. The van der Waals surface area contributed by atoms with Crippen LogP contribution in [0, 0.1) is 11.3 Å². The summed E-state index contributed by atoms with van der Waals surface area (Å²) in [5.74, 6) is -1.74. The Morgan fingerprint density at radius 1 is 1.59 bits per heavy atom. The van der Waals surface area contributed by atoms with Crippen molar-refractivity contribution in [2.24, 2.45) is 5.73 Å². The number of halogens is 2. The zero-order valence-electron chi connectivity index (χ0n) is 8.48. The second-order valence-electron chi connectivity index (χ2n) is 3.00. The summed E-state index contributed by atoms with van der Waals surface area (Å²) in [6.45, 7) is -3.22. The van der Waals surface area contributed by atoms with Gasteiger partial charge in [-0.25, -0.2) is 4.79 Å². The molecular formula is C10H8F2N2O3. The number of rotatable bonds is 4. The number of alkyl halides is 2. The molecule has 17 heavy (non-hydrogen) atoms. The number of nitrogens with zero attached hydrogens (tertiary/aromatic N) is 1. The van der Waals surface area contributed by atoms with E-state index in [2.05, 4.69) is 4.74 Å². The summed E-state index contributed by atoms with van der Waals surface area (Å²) < 4.78 is 28.1. The Labute approximate surface area is 95.0 Å². The number of hydrogen-bond donors (Lipinski definition) is 2. The number of ether oxygens (including phenoxy) is 1. The fourth-order valence-corrected chi connectivity index (χ4v) is 1.31. The normalized spacial score (nSPS) is 10.1. The van der Waals surface area contributed by atoms with E-state index in [-0.39, 0.29) is 23.4 Å². The molecule has 0 radical (unpaired) electrons. The molecular weight excluding hydrogens is 234 g/mol. The minimum atomic E-state index is -3.07. The van der Waals surface area contributed by atoms with Gasteiger partial charge in [-0.3, -0.25) is 0 Å². The van der Waals surface area contributed by atoms with Gasteiger partial charge in [-0.15, -0.1) is 0 Å². The Balaban J connectivity index is 3.36. The predicted octanol–water partition coefficient (Wildman–Crippen LogP) is 1.32. The number of nitriles is 1. The first-order valence-corrected chi connectivity index (χ1v) is 4.44. The summed E-state index contributed by atoms with van der Waals surface area (Å²) in [5, 5.41) is 17.6. The molecule has 1 aromatic carbocycles. The van der Waals surface area contributed by atoms with Gasteiger partial charge < -0.3 is 15.6 Å². The van der Waals surface area contributed by atoms with Crippen molar-refractivity contribution in [3.8, 4) is 11.8 Å². The molecule has 3 N–H and O–H groups in total. The Bertz CT molecular complexity index is 483. The highest BCUT2D eigenvalue weighted by atomic mass is 19.3. The molecule has 0 aliphatic heterocycles. The van der Waals surface area contributed by atoms with Gasteiger partial charge in [0.1, 0.15) is 11.8 Å². The summed E-state index contributed by atoms with van der Waals surface area (Å²) in [4.78, 5) is 10.9. The highest BCUT2D eigenvalue weighted by molar-refractivity contribution is 5.91. The average Bonchev–Trinajstić information content (AvgIpc) is 2.26. The highest BCUT2D eigenvalue weighted by Gasteiger charge is 2.17. The van der Waals surface area contributed by atoms with Gasteiger partial charge in [-0.2, -0.15) is 14.0 Å². The van der Waals surface area contributed by atoms with Crippen molar-refractivity contribution in [2.45, 2.75) is 13.2 Å². The molecule has 1 rings (SSSR count). The molecule has 0 unspecified atom stereocenters. The van der Waals surface area contributed by atoms with E-state index in [1.807, 2.05) is 0 Å². The smallest absolute Gasteiger partial charge is 0.387 e. The van der Waals surface area contributed by atoms with Crippen molar-refractivity contribution in [1.29, 1.82) is 5.26 Å². The van der Waals surface area contributed by atoms with Crippen molar-refractivity contribution in [2.75, 3.05) is 0 Å². The number of benzene rings is 1. The van der Waals surface area contributed by atoms with E-state index >= 15 is 0 Å². The van der Waals surface area contributed by atoms with E-state index in [4.69, 9.17) is 16.1 Å². The lowest BCUT2D eigenvalue weighted by molar-refractivity contribution is -0.0499. The van der Waals surface area contributed by atoms with E-state index in [0.29, 0.717) is 0 Å². The summed E-state index contributed by atoms with van der Waals surface area (Å²) in [7, 11) is 0. The third kappa shape index (κ3) is 2.89. The second-order valence-corrected chi connectivity index (χ2v) is 3.00. The first-order valence-electron chi connectivity index (χ1n) is 4.44. The van der Waals surface area contributed by atoms with E-state index in [0.717, 1.165) is 12.1 Å². The zero-order chi connectivity index (χ0) is 13.0. The molecule has 5 nitrogen and oxygen atoms in total. The van der Waals surface area contributed by atoms with E-state index < -0.39 is 18.1 Å². The number of carboxylic acid groups (broad SMARTS) is 1. The maximum absolute atomic E-state index is 12.0. The Morgan fingerprint density at radius 2 is 2.24 bits per heavy atom. The van der Waals surface area contributed by atoms with Crippen LogP contribution < -0.4 is 10.5 Å². The summed E-state index contributed by atoms with van der Waals surface area (Å²) in [6, 6.07) is 3.66. The minimum absolute atomic E-state index is 0.142. The van der Waals surface area contributed by atoms with Gasteiger partial charge in [0, 0.05) is 6.54 Å². The number of nitrogens with two attached hydrogens (primary N) is 1. The van der Waals surface area contributed by atoms with Crippen LogP contribution in [-0.2, 0) is 6.54 Å². The first kappa shape index (κ1) is 12.9. The Kier molecular flexibility index (Phi) is 3.96. The molecule has 0 saturated heterocycles. The molecule has 0 aliphatic rings. The van der Waals surface area contributed by atoms with E-state index in [1.54, 1.807) is 6.07 Å². The van der Waals surface area contributed by atoms with Crippen LogP contribution in [-0.4, -0.2) is 17.7 Å². The molecule has 0 amide bonds. The van der Waals surface area contributed by atoms with E-state index in [9.17, 15) is 13.6 Å². The molecule has 0 fully saturated rings. The number of hydrogen-bond acceptors (Lipinski definition) is 4. The summed E-state index contributed by atoms with van der Waals surface area (Å²) in [6.07, 6.45) is 0. The number of carbonyl (C=O) groups is 1. The lowest BCUT2D eigenvalue weighted by Gasteiger charge is -2.10. The van der Waals surface area contributed by atoms with Gasteiger partial charge in [0.15, 0.2) is 0 Å². The van der Waals surface area contributed by atoms with Crippen LogP contribution in [0.5, 0.6) is 5.75 Å². The Hall–Kier alpha value is -2.20. The van der Waals surface area contributed by atoms with Gasteiger partial charge in [0.05, 0.1) is 11.1 Å². The van der Waals surface area contributed by atoms with Crippen LogP contribution in [0.25, 0.3) is 0 Å². The van der Waals surface area contributed by atoms with Gasteiger partial charge >= 0.3 is 12.6 Å². The largest absolute Gasteiger partial charge is 0.478 e. The molecule has 0 aromatic heterocycles. The van der Waals surface area contributed by atoms with E-state index in [1.165, 1.54) is 0 Å². The minimum Gasteiger partial charge on any atom is -0.478 e. The molecule has 0 bridgehead atoms. The maximum atomic E-state index is 12.0. The maximum Gasteiger partial charge on any atom is 0.387 e. The molecule has 0 atom stereocenters. The van der Waals surface area contributed by atoms with Gasteiger partial charge in [-0.05, 0) is 17.7 Å². The predicted molar refractivity (Wildman–Crippen MR) is 52.6 cm³/mol. The summed E-state index contributed by atoms with van der Waals surface area (Å²) in [5.41, 5.74) is 4.89. The molecule has 7 heteroatoms. The van der Waals surface area contributed by atoms with Crippen LogP contribution in [0.15, 0.2) is 12.1 Å². The quantitative estimate of drug-likeness (QED) is 0.829.